The van der Waals surface area contributed by atoms with Crippen LogP contribution in [0.15, 0.2) is 36.4 Å². The van der Waals surface area contributed by atoms with Crippen molar-refractivity contribution in [2.45, 2.75) is 25.8 Å². The highest BCUT2D eigenvalue weighted by Gasteiger charge is 2.23. The van der Waals surface area contributed by atoms with E-state index in [0.717, 1.165) is 29.8 Å². The van der Waals surface area contributed by atoms with E-state index in [4.69, 9.17) is 5.73 Å². The molecule has 1 atom stereocenters. The zero-order chi connectivity index (χ0) is 14.1. The van der Waals surface area contributed by atoms with E-state index in [2.05, 4.69) is 23.5 Å². The van der Waals surface area contributed by atoms with Crippen LogP contribution in [-0.4, -0.2) is 0 Å². The van der Waals surface area contributed by atoms with Crippen LogP contribution in [0.2, 0.25) is 0 Å². The highest BCUT2D eigenvalue weighted by atomic mass is 14.9. The molecule has 0 bridgehead atoms. The molecular formula is C17H17N3. The van der Waals surface area contributed by atoms with Gasteiger partial charge >= 0.3 is 0 Å². The number of hydrogen-bond donors (Lipinski definition) is 2. The second-order valence-electron chi connectivity index (χ2n) is 5.30. The first-order chi connectivity index (χ1) is 9.69. The molecule has 2 aromatic carbocycles. The minimum Gasteiger partial charge on any atom is -0.399 e. The van der Waals surface area contributed by atoms with Crippen molar-refractivity contribution in [1.82, 2.24) is 0 Å². The summed E-state index contributed by atoms with van der Waals surface area (Å²) in [5, 5.41) is 12.8. The monoisotopic (exact) mass is 263 g/mol. The van der Waals surface area contributed by atoms with Gasteiger partial charge in [0.1, 0.15) is 6.07 Å². The maximum atomic E-state index is 9.24. The van der Waals surface area contributed by atoms with Crippen LogP contribution in [0.1, 0.15) is 34.7 Å². The van der Waals surface area contributed by atoms with Crippen molar-refractivity contribution in [3.63, 3.8) is 0 Å². The van der Waals surface area contributed by atoms with Crippen LogP contribution >= 0.6 is 0 Å². The number of fused-ring (bicyclic) bond motifs is 1. The summed E-state index contributed by atoms with van der Waals surface area (Å²) in [6, 6.07) is 14.4. The molecule has 3 nitrogen and oxygen atoms in total. The van der Waals surface area contributed by atoms with Crippen molar-refractivity contribution < 1.29 is 0 Å². The summed E-state index contributed by atoms with van der Waals surface area (Å²) in [5.74, 6) is 0. The van der Waals surface area contributed by atoms with Gasteiger partial charge in [0, 0.05) is 5.69 Å². The Labute approximate surface area is 119 Å². The van der Waals surface area contributed by atoms with Crippen LogP contribution in [0.5, 0.6) is 0 Å². The maximum Gasteiger partial charge on any atom is 0.101 e. The van der Waals surface area contributed by atoms with E-state index in [1.807, 2.05) is 31.2 Å². The molecule has 0 fully saturated rings. The van der Waals surface area contributed by atoms with E-state index in [9.17, 15) is 5.26 Å². The molecule has 1 aliphatic rings. The van der Waals surface area contributed by atoms with E-state index in [1.54, 1.807) is 0 Å². The number of nitrogen functional groups attached to an aromatic ring is 1. The van der Waals surface area contributed by atoms with Crippen LogP contribution < -0.4 is 11.1 Å². The molecule has 2 aromatic rings. The Kier molecular flexibility index (Phi) is 3.08. The van der Waals surface area contributed by atoms with Crippen LogP contribution in [0.4, 0.5) is 11.4 Å². The van der Waals surface area contributed by atoms with E-state index < -0.39 is 0 Å². The molecule has 0 spiro atoms. The van der Waals surface area contributed by atoms with Gasteiger partial charge in [0.25, 0.3) is 0 Å². The first kappa shape index (κ1) is 12.6. The van der Waals surface area contributed by atoms with Crippen molar-refractivity contribution >= 4 is 11.4 Å². The molecule has 0 heterocycles. The summed E-state index contributed by atoms with van der Waals surface area (Å²) in [5.41, 5.74) is 12.0. The number of para-hydroxylation sites is 1. The number of benzene rings is 2. The molecule has 20 heavy (non-hydrogen) atoms. The van der Waals surface area contributed by atoms with Crippen LogP contribution in [0.3, 0.4) is 0 Å². The molecule has 3 rings (SSSR count). The number of nitrogens with zero attached hydrogens (tertiary/aromatic N) is 1. The van der Waals surface area contributed by atoms with Gasteiger partial charge in [0.15, 0.2) is 0 Å². The standard InChI is InChI=1S/C17H17N3/c1-11-3-2-4-13(10-18)17(11)20-16-8-5-12-9-14(19)6-7-15(12)16/h2-4,6-7,9,16,20H,5,8,19H2,1H3. The second kappa shape index (κ2) is 4.90. The summed E-state index contributed by atoms with van der Waals surface area (Å²) in [7, 11) is 0. The van der Waals surface area contributed by atoms with Crippen molar-refractivity contribution in [2.75, 3.05) is 11.1 Å². The Morgan fingerprint density at radius 3 is 2.95 bits per heavy atom. The minimum atomic E-state index is 0.263. The summed E-state index contributed by atoms with van der Waals surface area (Å²) >= 11 is 0. The third-order valence-electron chi connectivity index (χ3n) is 3.96. The molecular weight excluding hydrogens is 246 g/mol. The molecule has 1 unspecified atom stereocenters. The fourth-order valence-electron chi connectivity index (χ4n) is 2.91. The Hall–Kier alpha value is -2.47. The lowest BCUT2D eigenvalue weighted by Gasteiger charge is -2.18. The largest absolute Gasteiger partial charge is 0.399 e. The average molecular weight is 263 g/mol. The Bertz CT molecular complexity index is 698. The van der Waals surface area contributed by atoms with Crippen LogP contribution in [0, 0.1) is 18.3 Å². The maximum absolute atomic E-state index is 9.24. The molecule has 0 aromatic heterocycles. The van der Waals surface area contributed by atoms with Gasteiger partial charge in [-0.1, -0.05) is 18.2 Å². The number of rotatable bonds is 2. The molecule has 100 valence electrons. The number of nitriles is 1. The van der Waals surface area contributed by atoms with Gasteiger partial charge in [-0.2, -0.15) is 5.26 Å². The van der Waals surface area contributed by atoms with Crippen molar-refractivity contribution in [3.8, 4) is 6.07 Å². The highest BCUT2D eigenvalue weighted by Crippen LogP contribution is 2.36. The van der Waals surface area contributed by atoms with E-state index >= 15 is 0 Å². The van der Waals surface area contributed by atoms with Gasteiger partial charge in [-0.25, -0.2) is 0 Å². The predicted octanol–water partition coefficient (Wildman–Crippen LogP) is 3.55. The highest BCUT2D eigenvalue weighted by molar-refractivity contribution is 5.64. The van der Waals surface area contributed by atoms with Gasteiger partial charge in [-0.05, 0) is 54.7 Å². The summed E-state index contributed by atoms with van der Waals surface area (Å²) < 4.78 is 0. The Balaban J connectivity index is 1.94. The van der Waals surface area contributed by atoms with Gasteiger partial charge < -0.3 is 11.1 Å². The van der Waals surface area contributed by atoms with Gasteiger partial charge in [0.05, 0.1) is 17.3 Å². The van der Waals surface area contributed by atoms with E-state index in [0.29, 0.717) is 5.56 Å². The summed E-state index contributed by atoms with van der Waals surface area (Å²) in [6.07, 6.45) is 2.07. The molecule has 0 saturated carbocycles. The molecule has 1 aliphatic carbocycles. The van der Waals surface area contributed by atoms with Crippen LogP contribution in [-0.2, 0) is 6.42 Å². The molecule has 0 radical (unpaired) electrons. The van der Waals surface area contributed by atoms with Gasteiger partial charge in [0.2, 0.25) is 0 Å². The first-order valence-electron chi connectivity index (χ1n) is 6.83. The third kappa shape index (κ3) is 2.10. The van der Waals surface area contributed by atoms with Gasteiger partial charge in [-0.3, -0.25) is 0 Å². The van der Waals surface area contributed by atoms with E-state index in [-0.39, 0.29) is 6.04 Å². The normalized spacial score (nSPS) is 16.5. The smallest absolute Gasteiger partial charge is 0.101 e. The molecule has 0 aliphatic heterocycles. The number of nitrogens with one attached hydrogen (secondary N) is 1. The number of nitrogens with two attached hydrogens (primary N) is 1. The number of aryl methyl sites for hydroxylation is 2. The summed E-state index contributed by atoms with van der Waals surface area (Å²) in [4.78, 5) is 0. The predicted molar refractivity (Wildman–Crippen MR) is 81.4 cm³/mol. The van der Waals surface area contributed by atoms with Crippen molar-refractivity contribution in [2.24, 2.45) is 0 Å². The number of hydrogen-bond acceptors (Lipinski definition) is 3. The average Bonchev–Trinajstić information content (AvgIpc) is 2.83. The Morgan fingerprint density at radius 2 is 2.15 bits per heavy atom. The topological polar surface area (TPSA) is 61.8 Å². The van der Waals surface area contributed by atoms with Crippen molar-refractivity contribution in [1.29, 1.82) is 5.26 Å². The third-order valence-corrected chi connectivity index (χ3v) is 3.96. The van der Waals surface area contributed by atoms with E-state index in [1.165, 1.54) is 11.1 Å². The Morgan fingerprint density at radius 1 is 1.30 bits per heavy atom. The zero-order valence-electron chi connectivity index (χ0n) is 11.5. The fraction of sp³-hybridized carbons (Fsp3) is 0.235. The summed E-state index contributed by atoms with van der Waals surface area (Å²) in [6.45, 7) is 2.03. The van der Waals surface area contributed by atoms with Crippen molar-refractivity contribution in [3.05, 3.63) is 58.7 Å². The SMILES string of the molecule is Cc1cccc(C#N)c1NC1CCc2cc(N)ccc21. The lowest BCUT2D eigenvalue weighted by atomic mass is 10.0. The second-order valence-corrected chi connectivity index (χ2v) is 5.30. The molecule has 3 heteroatoms. The fourth-order valence-corrected chi connectivity index (χ4v) is 2.91. The first-order valence-corrected chi connectivity index (χ1v) is 6.83. The zero-order valence-corrected chi connectivity index (χ0v) is 11.5. The minimum absolute atomic E-state index is 0.263. The lowest BCUT2D eigenvalue weighted by molar-refractivity contribution is 0.761. The number of anilines is 2. The molecule has 3 N–H and O–H groups in total. The quantitative estimate of drug-likeness (QED) is 0.814. The molecule has 0 amide bonds. The molecule has 0 saturated heterocycles. The van der Waals surface area contributed by atoms with Gasteiger partial charge in [-0.15, -0.1) is 0 Å². The lowest BCUT2D eigenvalue weighted by Crippen LogP contribution is -2.09. The van der Waals surface area contributed by atoms with Crippen LogP contribution in [0.25, 0.3) is 0 Å².